The van der Waals surface area contributed by atoms with Gasteiger partial charge in [-0.3, -0.25) is 4.79 Å². The first-order valence-electron chi connectivity index (χ1n) is 7.47. The summed E-state index contributed by atoms with van der Waals surface area (Å²) in [6.45, 7) is 0. The lowest BCUT2D eigenvalue weighted by molar-refractivity contribution is -0.115. The maximum atomic E-state index is 13.1. The first-order chi connectivity index (χ1) is 10.6. The zero-order valence-electron chi connectivity index (χ0n) is 12.2. The molecule has 0 spiro atoms. The van der Waals surface area contributed by atoms with Crippen molar-refractivity contribution in [3.05, 3.63) is 64.7 Å². The van der Waals surface area contributed by atoms with E-state index in [0.717, 1.165) is 30.5 Å². The van der Waals surface area contributed by atoms with E-state index < -0.39 is 11.6 Å². The second-order valence-corrected chi connectivity index (χ2v) is 5.66. The van der Waals surface area contributed by atoms with Crippen molar-refractivity contribution >= 4 is 11.6 Å². The van der Waals surface area contributed by atoms with Crippen LogP contribution in [0, 0.1) is 11.6 Å². The highest BCUT2D eigenvalue weighted by atomic mass is 19.2. The van der Waals surface area contributed by atoms with Crippen LogP contribution in [0.5, 0.6) is 0 Å². The summed E-state index contributed by atoms with van der Waals surface area (Å²) < 4.78 is 26.0. The quantitative estimate of drug-likeness (QED) is 0.911. The summed E-state index contributed by atoms with van der Waals surface area (Å²) in [6, 6.07) is 9.48. The summed E-state index contributed by atoms with van der Waals surface area (Å²) in [6.07, 6.45) is 4.82. The molecule has 1 N–H and O–H groups in total. The minimum Gasteiger partial charge on any atom is -0.326 e. The Morgan fingerprint density at radius 2 is 1.73 bits per heavy atom. The van der Waals surface area contributed by atoms with Crippen LogP contribution in [-0.4, -0.2) is 5.91 Å². The molecule has 1 aliphatic rings. The van der Waals surface area contributed by atoms with E-state index in [1.54, 1.807) is 0 Å². The number of fused-ring (bicyclic) bond motifs is 1. The molecule has 0 aliphatic heterocycles. The van der Waals surface area contributed by atoms with Crippen LogP contribution in [0.4, 0.5) is 14.5 Å². The molecule has 2 aromatic rings. The molecule has 1 amide bonds. The Kier molecular flexibility index (Phi) is 4.18. The fraction of sp³-hybridized carbons (Fsp3) is 0.278. The summed E-state index contributed by atoms with van der Waals surface area (Å²) in [4.78, 5) is 12.0. The summed E-state index contributed by atoms with van der Waals surface area (Å²) in [5, 5.41) is 2.59. The number of aryl methyl sites for hydroxylation is 2. The van der Waals surface area contributed by atoms with Gasteiger partial charge < -0.3 is 5.32 Å². The highest BCUT2D eigenvalue weighted by molar-refractivity contribution is 5.92. The number of benzene rings is 2. The Morgan fingerprint density at radius 1 is 0.955 bits per heavy atom. The van der Waals surface area contributed by atoms with Crippen LogP contribution in [0.15, 0.2) is 36.4 Å². The molecule has 114 valence electrons. The van der Waals surface area contributed by atoms with Crippen molar-refractivity contribution in [2.24, 2.45) is 0 Å². The Hall–Kier alpha value is -2.23. The van der Waals surface area contributed by atoms with Gasteiger partial charge in [0.15, 0.2) is 11.6 Å². The van der Waals surface area contributed by atoms with E-state index in [2.05, 4.69) is 17.4 Å². The second kappa shape index (κ2) is 6.26. The Labute approximate surface area is 128 Å². The van der Waals surface area contributed by atoms with Crippen molar-refractivity contribution in [2.45, 2.75) is 32.1 Å². The highest BCUT2D eigenvalue weighted by Gasteiger charge is 2.12. The molecular formula is C18H17F2NO. The number of anilines is 1. The molecule has 0 atom stereocenters. The summed E-state index contributed by atoms with van der Waals surface area (Å²) in [7, 11) is 0. The van der Waals surface area contributed by atoms with Gasteiger partial charge in [0.25, 0.3) is 0 Å². The fourth-order valence-electron chi connectivity index (χ4n) is 2.86. The molecule has 0 aromatic heterocycles. The third-order valence-corrected chi connectivity index (χ3v) is 3.98. The first-order valence-corrected chi connectivity index (χ1v) is 7.47. The van der Waals surface area contributed by atoms with Crippen LogP contribution in [0.1, 0.15) is 29.5 Å². The minimum absolute atomic E-state index is 0.228. The van der Waals surface area contributed by atoms with Gasteiger partial charge in [0.05, 0.1) is 6.42 Å². The van der Waals surface area contributed by atoms with Gasteiger partial charge in [-0.15, -0.1) is 0 Å². The van der Waals surface area contributed by atoms with E-state index in [9.17, 15) is 13.6 Å². The predicted octanol–water partition coefficient (Wildman–Crippen LogP) is 4.02. The van der Waals surface area contributed by atoms with E-state index >= 15 is 0 Å². The first kappa shape index (κ1) is 14.7. The molecule has 0 bridgehead atoms. The van der Waals surface area contributed by atoms with E-state index in [4.69, 9.17) is 0 Å². The smallest absolute Gasteiger partial charge is 0.228 e. The van der Waals surface area contributed by atoms with Crippen LogP contribution < -0.4 is 5.32 Å². The lowest BCUT2D eigenvalue weighted by Gasteiger charge is -2.16. The normalized spacial score (nSPS) is 13.5. The maximum Gasteiger partial charge on any atom is 0.228 e. The molecular weight excluding hydrogens is 284 g/mol. The van der Waals surface area contributed by atoms with Crippen molar-refractivity contribution < 1.29 is 13.6 Å². The molecule has 0 saturated heterocycles. The Bertz CT molecular complexity index is 712. The largest absolute Gasteiger partial charge is 0.326 e. The molecule has 0 saturated carbocycles. The van der Waals surface area contributed by atoms with Crippen LogP contribution in [0.3, 0.4) is 0 Å². The average molecular weight is 301 g/mol. The van der Waals surface area contributed by atoms with Gasteiger partial charge >= 0.3 is 0 Å². The molecule has 0 radical (unpaired) electrons. The SMILES string of the molecule is O=C(Cc1ccc2c(c1)CCCC2)Nc1ccc(F)c(F)c1. The number of amides is 1. The van der Waals surface area contributed by atoms with Gasteiger partial charge in [0.1, 0.15) is 0 Å². The van der Waals surface area contributed by atoms with E-state index in [0.29, 0.717) is 0 Å². The molecule has 4 heteroatoms. The lowest BCUT2D eigenvalue weighted by Crippen LogP contribution is -2.15. The van der Waals surface area contributed by atoms with Gasteiger partial charge in [0, 0.05) is 11.8 Å². The lowest BCUT2D eigenvalue weighted by atomic mass is 9.90. The molecule has 0 heterocycles. The van der Waals surface area contributed by atoms with Gasteiger partial charge in [-0.2, -0.15) is 0 Å². The third kappa shape index (κ3) is 3.32. The average Bonchev–Trinajstić information content (AvgIpc) is 2.51. The summed E-state index contributed by atoms with van der Waals surface area (Å²) in [5.41, 5.74) is 3.91. The minimum atomic E-state index is -0.966. The van der Waals surface area contributed by atoms with Gasteiger partial charge in [-0.1, -0.05) is 18.2 Å². The standard InChI is InChI=1S/C18H17F2NO/c19-16-8-7-15(11-17(16)20)21-18(22)10-12-5-6-13-3-1-2-4-14(13)9-12/h5-9,11H,1-4,10H2,(H,21,22). The monoisotopic (exact) mass is 301 g/mol. The van der Waals surface area contributed by atoms with Crippen molar-refractivity contribution in [2.75, 3.05) is 5.32 Å². The third-order valence-electron chi connectivity index (χ3n) is 3.98. The molecule has 22 heavy (non-hydrogen) atoms. The number of hydrogen-bond donors (Lipinski definition) is 1. The van der Waals surface area contributed by atoms with Crippen LogP contribution >= 0.6 is 0 Å². The van der Waals surface area contributed by atoms with E-state index in [-0.39, 0.29) is 18.0 Å². The number of hydrogen-bond acceptors (Lipinski definition) is 1. The number of carbonyl (C=O) groups excluding carboxylic acids is 1. The number of carbonyl (C=O) groups is 1. The van der Waals surface area contributed by atoms with Crippen molar-refractivity contribution in [1.82, 2.24) is 0 Å². The van der Waals surface area contributed by atoms with E-state index in [1.807, 2.05) is 6.07 Å². The van der Waals surface area contributed by atoms with Crippen molar-refractivity contribution in [3.8, 4) is 0 Å². The number of halogens is 2. The topological polar surface area (TPSA) is 29.1 Å². The number of nitrogens with one attached hydrogen (secondary N) is 1. The molecule has 3 rings (SSSR count). The molecule has 0 fully saturated rings. The zero-order chi connectivity index (χ0) is 15.5. The second-order valence-electron chi connectivity index (χ2n) is 5.66. The molecule has 1 aliphatic carbocycles. The molecule has 2 aromatic carbocycles. The fourth-order valence-corrected chi connectivity index (χ4v) is 2.86. The van der Waals surface area contributed by atoms with Crippen LogP contribution in [0.25, 0.3) is 0 Å². The van der Waals surface area contributed by atoms with Gasteiger partial charge in [0.2, 0.25) is 5.91 Å². The summed E-state index contributed by atoms with van der Waals surface area (Å²) in [5.74, 6) is -2.12. The van der Waals surface area contributed by atoms with Crippen LogP contribution in [-0.2, 0) is 24.1 Å². The predicted molar refractivity (Wildman–Crippen MR) is 81.8 cm³/mol. The van der Waals surface area contributed by atoms with Crippen molar-refractivity contribution in [3.63, 3.8) is 0 Å². The van der Waals surface area contributed by atoms with E-state index in [1.165, 1.54) is 30.0 Å². The Morgan fingerprint density at radius 3 is 2.50 bits per heavy atom. The van der Waals surface area contributed by atoms with Gasteiger partial charge in [-0.05, 0) is 54.5 Å². The molecule has 2 nitrogen and oxygen atoms in total. The maximum absolute atomic E-state index is 13.1. The molecule has 0 unspecified atom stereocenters. The zero-order valence-corrected chi connectivity index (χ0v) is 12.2. The number of rotatable bonds is 3. The van der Waals surface area contributed by atoms with Crippen molar-refractivity contribution in [1.29, 1.82) is 0 Å². The Balaban J connectivity index is 1.67. The van der Waals surface area contributed by atoms with Gasteiger partial charge in [-0.25, -0.2) is 8.78 Å². The van der Waals surface area contributed by atoms with Crippen LogP contribution in [0.2, 0.25) is 0 Å². The highest BCUT2D eigenvalue weighted by Crippen LogP contribution is 2.22. The summed E-state index contributed by atoms with van der Waals surface area (Å²) >= 11 is 0.